The van der Waals surface area contributed by atoms with Crippen molar-refractivity contribution in [2.75, 3.05) is 11.9 Å². The van der Waals surface area contributed by atoms with Crippen molar-refractivity contribution in [1.82, 2.24) is 4.98 Å². The smallest absolute Gasteiger partial charge is 0.128 e. The van der Waals surface area contributed by atoms with Crippen molar-refractivity contribution < 1.29 is 0 Å². The van der Waals surface area contributed by atoms with Gasteiger partial charge in [-0.15, -0.1) is 0 Å². The summed E-state index contributed by atoms with van der Waals surface area (Å²) < 4.78 is 0. The van der Waals surface area contributed by atoms with Crippen molar-refractivity contribution in [2.24, 2.45) is 5.73 Å². The number of anilines is 1. The van der Waals surface area contributed by atoms with Gasteiger partial charge in [-0.3, -0.25) is 0 Å². The molecule has 0 saturated carbocycles. The van der Waals surface area contributed by atoms with Gasteiger partial charge in [0.1, 0.15) is 5.82 Å². The van der Waals surface area contributed by atoms with E-state index in [0.717, 1.165) is 17.9 Å². The molecule has 0 aliphatic carbocycles. The van der Waals surface area contributed by atoms with Crippen LogP contribution in [0.25, 0.3) is 0 Å². The maximum atomic E-state index is 5.87. The Kier molecular flexibility index (Phi) is 3.76. The molecule has 2 heterocycles. The predicted octanol–water partition coefficient (Wildman–Crippen LogP) is 2.80. The molecule has 0 aliphatic rings. The van der Waals surface area contributed by atoms with Gasteiger partial charge in [-0.2, -0.15) is 11.3 Å². The lowest BCUT2D eigenvalue weighted by Crippen LogP contribution is -2.18. The molecule has 0 radical (unpaired) electrons. The fourth-order valence-electron chi connectivity index (χ4n) is 1.66. The molecule has 2 aromatic heterocycles. The predicted molar refractivity (Wildman–Crippen MR) is 73.3 cm³/mol. The standard InChI is InChI=1S/C13H17N3S/c1-10(14)12-3-5-15-13(7-12)16(2)8-11-4-6-17-9-11/h3-7,9-10H,8,14H2,1-2H3/t10-/m1/s1. The van der Waals surface area contributed by atoms with Gasteiger partial charge in [-0.05, 0) is 47.0 Å². The van der Waals surface area contributed by atoms with Gasteiger partial charge in [0.05, 0.1) is 0 Å². The number of nitrogens with two attached hydrogens (primary N) is 1. The fraction of sp³-hybridized carbons (Fsp3) is 0.308. The van der Waals surface area contributed by atoms with E-state index in [1.165, 1.54) is 5.56 Å². The summed E-state index contributed by atoms with van der Waals surface area (Å²) in [5.74, 6) is 0.964. The largest absolute Gasteiger partial charge is 0.355 e. The Balaban J connectivity index is 2.13. The van der Waals surface area contributed by atoms with Crippen LogP contribution in [0.1, 0.15) is 24.1 Å². The highest BCUT2D eigenvalue weighted by atomic mass is 32.1. The third-order valence-corrected chi connectivity index (χ3v) is 3.42. The van der Waals surface area contributed by atoms with Crippen LogP contribution in [0.3, 0.4) is 0 Å². The highest BCUT2D eigenvalue weighted by Crippen LogP contribution is 2.18. The number of rotatable bonds is 4. The van der Waals surface area contributed by atoms with Crippen LogP contribution in [0, 0.1) is 0 Å². The third-order valence-electron chi connectivity index (χ3n) is 2.69. The molecule has 2 N–H and O–H groups in total. The molecule has 0 aromatic carbocycles. The minimum Gasteiger partial charge on any atom is -0.355 e. The van der Waals surface area contributed by atoms with E-state index in [9.17, 15) is 0 Å². The molecule has 90 valence electrons. The molecule has 0 aliphatic heterocycles. The van der Waals surface area contributed by atoms with Crippen LogP contribution in [-0.4, -0.2) is 12.0 Å². The number of pyridine rings is 1. The van der Waals surface area contributed by atoms with Gasteiger partial charge in [0.2, 0.25) is 0 Å². The summed E-state index contributed by atoms with van der Waals surface area (Å²) in [7, 11) is 2.05. The van der Waals surface area contributed by atoms with E-state index < -0.39 is 0 Å². The van der Waals surface area contributed by atoms with Crippen LogP contribution in [0.5, 0.6) is 0 Å². The van der Waals surface area contributed by atoms with E-state index in [-0.39, 0.29) is 6.04 Å². The van der Waals surface area contributed by atoms with Crippen LogP contribution in [0.2, 0.25) is 0 Å². The zero-order valence-electron chi connectivity index (χ0n) is 10.1. The molecule has 0 amide bonds. The van der Waals surface area contributed by atoms with E-state index in [2.05, 4.69) is 32.8 Å². The fourth-order valence-corrected chi connectivity index (χ4v) is 2.32. The SMILES string of the molecule is C[C@@H](N)c1ccnc(N(C)Cc2ccsc2)c1. The van der Waals surface area contributed by atoms with E-state index >= 15 is 0 Å². The first-order valence-corrected chi connectivity index (χ1v) is 6.55. The lowest BCUT2D eigenvalue weighted by atomic mass is 10.1. The van der Waals surface area contributed by atoms with Crippen molar-refractivity contribution in [3.63, 3.8) is 0 Å². The second-order valence-corrected chi connectivity index (χ2v) is 5.00. The lowest BCUT2D eigenvalue weighted by molar-refractivity contribution is 0.809. The van der Waals surface area contributed by atoms with Gasteiger partial charge in [0.25, 0.3) is 0 Å². The summed E-state index contributed by atoms with van der Waals surface area (Å²) in [6.45, 7) is 2.86. The quantitative estimate of drug-likeness (QED) is 0.903. The average molecular weight is 247 g/mol. The van der Waals surface area contributed by atoms with Crippen molar-refractivity contribution in [3.05, 3.63) is 46.3 Å². The van der Waals surface area contributed by atoms with Crippen molar-refractivity contribution in [1.29, 1.82) is 0 Å². The average Bonchev–Trinajstić information content (AvgIpc) is 2.82. The third kappa shape index (κ3) is 3.05. The highest BCUT2D eigenvalue weighted by Gasteiger charge is 2.06. The van der Waals surface area contributed by atoms with Crippen LogP contribution < -0.4 is 10.6 Å². The van der Waals surface area contributed by atoms with Gasteiger partial charge in [0.15, 0.2) is 0 Å². The summed E-state index contributed by atoms with van der Waals surface area (Å²) in [6, 6.07) is 6.20. The second kappa shape index (κ2) is 5.29. The number of thiophene rings is 1. The first-order chi connectivity index (χ1) is 8.16. The molecular weight excluding hydrogens is 230 g/mol. The molecule has 2 aromatic rings. The first kappa shape index (κ1) is 12.1. The molecule has 1 atom stereocenters. The first-order valence-electron chi connectivity index (χ1n) is 5.60. The molecular formula is C13H17N3S. The molecule has 0 spiro atoms. The van der Waals surface area contributed by atoms with Gasteiger partial charge in [-0.25, -0.2) is 4.98 Å². The Bertz CT molecular complexity index is 465. The Morgan fingerprint density at radius 1 is 1.47 bits per heavy atom. The van der Waals surface area contributed by atoms with Crippen molar-refractivity contribution in [2.45, 2.75) is 19.5 Å². The van der Waals surface area contributed by atoms with E-state index in [0.29, 0.717) is 0 Å². The molecule has 0 saturated heterocycles. The van der Waals surface area contributed by atoms with Crippen LogP contribution in [0.4, 0.5) is 5.82 Å². The Labute approximate surface area is 106 Å². The molecule has 3 nitrogen and oxygen atoms in total. The summed E-state index contributed by atoms with van der Waals surface area (Å²) >= 11 is 1.72. The Hall–Kier alpha value is -1.39. The van der Waals surface area contributed by atoms with Crippen molar-refractivity contribution >= 4 is 17.2 Å². The molecule has 4 heteroatoms. The van der Waals surface area contributed by atoms with E-state index in [1.807, 2.05) is 26.2 Å². The number of hydrogen-bond donors (Lipinski definition) is 1. The minimum atomic E-state index is 0.0475. The lowest BCUT2D eigenvalue weighted by Gasteiger charge is -2.18. The second-order valence-electron chi connectivity index (χ2n) is 4.22. The number of hydrogen-bond acceptors (Lipinski definition) is 4. The summed E-state index contributed by atoms with van der Waals surface area (Å²) in [5.41, 5.74) is 8.30. The van der Waals surface area contributed by atoms with Crippen LogP contribution in [-0.2, 0) is 6.54 Å². The maximum Gasteiger partial charge on any atom is 0.128 e. The topological polar surface area (TPSA) is 42.1 Å². The van der Waals surface area contributed by atoms with Gasteiger partial charge < -0.3 is 10.6 Å². The molecule has 0 fully saturated rings. The molecule has 17 heavy (non-hydrogen) atoms. The van der Waals surface area contributed by atoms with Crippen LogP contribution >= 0.6 is 11.3 Å². The maximum absolute atomic E-state index is 5.87. The Morgan fingerprint density at radius 2 is 2.29 bits per heavy atom. The van der Waals surface area contributed by atoms with E-state index in [1.54, 1.807) is 11.3 Å². The monoisotopic (exact) mass is 247 g/mol. The summed E-state index contributed by atoms with van der Waals surface area (Å²) in [4.78, 5) is 6.51. The normalized spacial score (nSPS) is 12.4. The number of nitrogens with zero attached hydrogens (tertiary/aromatic N) is 2. The van der Waals surface area contributed by atoms with Gasteiger partial charge in [-0.1, -0.05) is 0 Å². The summed E-state index contributed by atoms with van der Waals surface area (Å²) in [5, 5.41) is 4.25. The molecule has 0 bridgehead atoms. The number of aromatic nitrogens is 1. The highest BCUT2D eigenvalue weighted by molar-refractivity contribution is 7.07. The Morgan fingerprint density at radius 3 is 2.94 bits per heavy atom. The zero-order chi connectivity index (χ0) is 12.3. The van der Waals surface area contributed by atoms with Crippen LogP contribution in [0.15, 0.2) is 35.2 Å². The van der Waals surface area contributed by atoms with E-state index in [4.69, 9.17) is 5.73 Å². The molecule has 0 unspecified atom stereocenters. The molecule has 2 rings (SSSR count). The summed E-state index contributed by atoms with van der Waals surface area (Å²) in [6.07, 6.45) is 1.82. The minimum absolute atomic E-state index is 0.0475. The van der Waals surface area contributed by atoms with Crippen molar-refractivity contribution in [3.8, 4) is 0 Å². The van der Waals surface area contributed by atoms with Gasteiger partial charge >= 0.3 is 0 Å². The zero-order valence-corrected chi connectivity index (χ0v) is 10.9. The van der Waals surface area contributed by atoms with Gasteiger partial charge in [0, 0.05) is 25.8 Å².